The monoisotopic (exact) mass is 307 g/mol. The van der Waals surface area contributed by atoms with E-state index in [-0.39, 0.29) is 0 Å². The minimum Gasteiger partial charge on any atom is -0.257 e. The minimum atomic E-state index is 0.597. The van der Waals surface area contributed by atoms with Gasteiger partial charge in [-0.2, -0.15) is 4.37 Å². The number of thiophene rings is 1. The van der Waals surface area contributed by atoms with Crippen LogP contribution in [0.2, 0.25) is 0 Å². The molecule has 1 aliphatic carbocycles. The molecule has 19 heavy (non-hydrogen) atoms. The summed E-state index contributed by atoms with van der Waals surface area (Å²) in [5, 5.41) is 9.89. The molecule has 3 aromatic rings. The first kappa shape index (κ1) is 11.6. The second kappa shape index (κ2) is 4.69. The Labute approximate surface area is 121 Å². The molecule has 0 radical (unpaired) electrons. The summed E-state index contributed by atoms with van der Waals surface area (Å²) in [6, 6.07) is 4.03. The fourth-order valence-electron chi connectivity index (χ4n) is 1.66. The zero-order chi connectivity index (χ0) is 12.7. The van der Waals surface area contributed by atoms with Gasteiger partial charge in [0.1, 0.15) is 5.82 Å². The molecule has 96 valence electrons. The van der Waals surface area contributed by atoms with Crippen molar-refractivity contribution in [3.05, 3.63) is 23.3 Å². The third kappa shape index (κ3) is 2.43. The SMILES string of the molecule is c1csc(-c2nc(Sc3nc(C4CC4)ns3)n[nH]2)c1. The maximum Gasteiger partial charge on any atom is 0.215 e. The van der Waals surface area contributed by atoms with Crippen molar-refractivity contribution in [3.63, 3.8) is 0 Å². The van der Waals surface area contributed by atoms with Crippen LogP contribution in [-0.2, 0) is 0 Å². The average molecular weight is 307 g/mol. The van der Waals surface area contributed by atoms with Gasteiger partial charge >= 0.3 is 0 Å². The van der Waals surface area contributed by atoms with Gasteiger partial charge in [0.2, 0.25) is 5.16 Å². The number of rotatable bonds is 4. The van der Waals surface area contributed by atoms with Crippen molar-refractivity contribution in [1.82, 2.24) is 24.5 Å². The molecule has 1 aliphatic rings. The number of hydrogen-bond donors (Lipinski definition) is 1. The fraction of sp³-hybridized carbons (Fsp3) is 0.273. The van der Waals surface area contributed by atoms with Gasteiger partial charge in [-0.25, -0.2) is 9.97 Å². The van der Waals surface area contributed by atoms with Gasteiger partial charge < -0.3 is 0 Å². The Morgan fingerprint density at radius 2 is 2.26 bits per heavy atom. The number of nitrogens with zero attached hydrogens (tertiary/aromatic N) is 4. The molecule has 8 heteroatoms. The molecule has 1 fully saturated rings. The number of H-pyrrole nitrogens is 1. The number of hydrogen-bond acceptors (Lipinski definition) is 7. The molecule has 3 aromatic heterocycles. The predicted molar refractivity (Wildman–Crippen MR) is 75.7 cm³/mol. The first-order valence-corrected chi connectivity index (χ1v) is 8.33. The highest BCUT2D eigenvalue weighted by Crippen LogP contribution is 2.40. The number of aromatic amines is 1. The highest BCUT2D eigenvalue weighted by atomic mass is 32.2. The lowest BCUT2D eigenvalue weighted by atomic mass is 10.4. The van der Waals surface area contributed by atoms with Crippen LogP contribution >= 0.6 is 34.6 Å². The lowest BCUT2D eigenvalue weighted by molar-refractivity contribution is 0.947. The summed E-state index contributed by atoms with van der Waals surface area (Å²) in [6.45, 7) is 0. The molecule has 0 unspecified atom stereocenters. The third-order valence-corrected chi connectivity index (χ3v) is 5.27. The summed E-state index contributed by atoms with van der Waals surface area (Å²) in [4.78, 5) is 10.1. The first-order valence-electron chi connectivity index (χ1n) is 5.86. The second-order valence-corrected chi connectivity index (χ2v) is 7.15. The predicted octanol–water partition coefficient (Wildman–Crippen LogP) is 3.41. The van der Waals surface area contributed by atoms with Gasteiger partial charge in [0.15, 0.2) is 10.2 Å². The van der Waals surface area contributed by atoms with E-state index in [1.807, 2.05) is 17.5 Å². The molecule has 1 N–H and O–H groups in total. The normalized spacial score (nSPS) is 14.9. The van der Waals surface area contributed by atoms with Crippen LogP contribution in [0.1, 0.15) is 24.6 Å². The van der Waals surface area contributed by atoms with Gasteiger partial charge in [-0.05, 0) is 47.6 Å². The summed E-state index contributed by atoms with van der Waals surface area (Å²) in [5.41, 5.74) is 0. The van der Waals surface area contributed by atoms with Crippen LogP contribution in [0.5, 0.6) is 0 Å². The van der Waals surface area contributed by atoms with Gasteiger partial charge in [0.05, 0.1) is 4.88 Å². The molecule has 0 spiro atoms. The molecule has 0 aliphatic heterocycles. The van der Waals surface area contributed by atoms with Gasteiger partial charge in [0, 0.05) is 5.92 Å². The Morgan fingerprint density at radius 3 is 3.05 bits per heavy atom. The zero-order valence-electron chi connectivity index (χ0n) is 9.74. The van der Waals surface area contributed by atoms with Crippen LogP contribution in [0.25, 0.3) is 10.7 Å². The van der Waals surface area contributed by atoms with Crippen LogP contribution < -0.4 is 0 Å². The molecule has 3 heterocycles. The molecule has 5 nitrogen and oxygen atoms in total. The standard InChI is InChI=1S/C11H9N5S3/c1-2-7(17-5-1)9-12-10(15-14-9)18-11-13-8(16-19-11)6-3-4-6/h1-2,5-6H,3-4H2,(H,12,14,15). The average Bonchev–Trinajstić information content (AvgIpc) is 2.90. The quantitative estimate of drug-likeness (QED) is 0.800. The number of nitrogens with one attached hydrogen (secondary N) is 1. The van der Waals surface area contributed by atoms with Crippen LogP contribution in [0.15, 0.2) is 27.0 Å². The zero-order valence-corrected chi connectivity index (χ0v) is 12.2. The molecular formula is C11H9N5S3. The van der Waals surface area contributed by atoms with E-state index in [0.717, 1.165) is 20.9 Å². The molecule has 0 saturated heterocycles. The van der Waals surface area contributed by atoms with Crippen LogP contribution in [0, 0.1) is 0 Å². The second-order valence-electron chi connectivity index (χ2n) is 4.24. The van der Waals surface area contributed by atoms with Crippen LogP contribution in [-0.4, -0.2) is 24.5 Å². The summed E-state index contributed by atoms with van der Waals surface area (Å²) in [5.74, 6) is 2.39. The Hall–Kier alpha value is -1.25. The van der Waals surface area contributed by atoms with Crippen molar-refractivity contribution in [2.24, 2.45) is 0 Å². The van der Waals surface area contributed by atoms with Crippen molar-refractivity contribution in [2.45, 2.75) is 28.3 Å². The van der Waals surface area contributed by atoms with Crippen LogP contribution in [0.3, 0.4) is 0 Å². The minimum absolute atomic E-state index is 0.597. The summed E-state index contributed by atoms with van der Waals surface area (Å²) in [7, 11) is 0. The van der Waals surface area contributed by atoms with E-state index in [1.54, 1.807) is 11.3 Å². The maximum absolute atomic E-state index is 4.52. The Bertz CT molecular complexity index is 683. The van der Waals surface area contributed by atoms with E-state index in [2.05, 4.69) is 24.5 Å². The molecular weight excluding hydrogens is 298 g/mol. The van der Waals surface area contributed by atoms with E-state index >= 15 is 0 Å². The summed E-state index contributed by atoms with van der Waals surface area (Å²) >= 11 is 4.54. The summed E-state index contributed by atoms with van der Waals surface area (Å²) in [6.07, 6.45) is 2.45. The first-order chi connectivity index (χ1) is 9.38. The van der Waals surface area contributed by atoms with Gasteiger partial charge in [-0.15, -0.1) is 16.4 Å². The molecule has 4 rings (SSSR count). The topological polar surface area (TPSA) is 67.3 Å². The van der Waals surface area contributed by atoms with Gasteiger partial charge in [-0.3, -0.25) is 5.10 Å². The summed E-state index contributed by atoms with van der Waals surface area (Å²) < 4.78 is 5.29. The van der Waals surface area contributed by atoms with Crippen molar-refractivity contribution in [1.29, 1.82) is 0 Å². The van der Waals surface area contributed by atoms with E-state index in [1.165, 1.54) is 36.1 Å². The largest absolute Gasteiger partial charge is 0.257 e. The lowest BCUT2D eigenvalue weighted by Crippen LogP contribution is -1.81. The number of aromatic nitrogens is 5. The van der Waals surface area contributed by atoms with Gasteiger partial charge in [-0.1, -0.05) is 6.07 Å². The van der Waals surface area contributed by atoms with Crippen molar-refractivity contribution >= 4 is 34.6 Å². The van der Waals surface area contributed by atoms with E-state index in [4.69, 9.17) is 0 Å². The molecule has 0 amide bonds. The third-order valence-electron chi connectivity index (χ3n) is 2.76. The molecule has 0 atom stereocenters. The molecule has 1 saturated carbocycles. The lowest BCUT2D eigenvalue weighted by Gasteiger charge is -1.87. The maximum atomic E-state index is 4.52. The Kier molecular flexibility index (Phi) is 2.86. The highest BCUT2D eigenvalue weighted by molar-refractivity contribution is 8.00. The van der Waals surface area contributed by atoms with E-state index < -0.39 is 0 Å². The van der Waals surface area contributed by atoms with Crippen molar-refractivity contribution < 1.29 is 0 Å². The highest BCUT2D eigenvalue weighted by Gasteiger charge is 2.28. The van der Waals surface area contributed by atoms with Crippen molar-refractivity contribution in [3.8, 4) is 10.7 Å². The van der Waals surface area contributed by atoms with E-state index in [0.29, 0.717) is 11.1 Å². The van der Waals surface area contributed by atoms with E-state index in [9.17, 15) is 0 Å². The molecule has 0 bridgehead atoms. The molecule has 0 aromatic carbocycles. The van der Waals surface area contributed by atoms with Crippen molar-refractivity contribution in [2.75, 3.05) is 0 Å². The Balaban J connectivity index is 1.52. The Morgan fingerprint density at radius 1 is 1.32 bits per heavy atom. The smallest absolute Gasteiger partial charge is 0.215 e. The fourth-order valence-corrected chi connectivity index (χ4v) is 3.83. The van der Waals surface area contributed by atoms with Crippen LogP contribution in [0.4, 0.5) is 0 Å². The van der Waals surface area contributed by atoms with Gasteiger partial charge in [0.25, 0.3) is 0 Å².